The third-order valence-corrected chi connectivity index (χ3v) is 3.01. The number of nitrogens with two attached hydrogens (primary N) is 1. The average molecular weight is 246 g/mol. The number of nitrogens with zero attached hydrogens (tertiary/aromatic N) is 3. The standard InChI is InChI=1S/C11H14N6O/c12-9-7(6-15-16-9)5-14-10-11(18)17(4-3-13-10)8-1-2-8/h3-4,6,8H,1-2,5H2,(H,13,14)(H3,12,15,16). The first-order chi connectivity index (χ1) is 8.75. The summed E-state index contributed by atoms with van der Waals surface area (Å²) in [5.74, 6) is 0.853. The van der Waals surface area contributed by atoms with Crippen molar-refractivity contribution < 1.29 is 0 Å². The number of nitrogen functional groups attached to an aromatic ring is 1. The van der Waals surface area contributed by atoms with E-state index in [4.69, 9.17) is 5.73 Å². The van der Waals surface area contributed by atoms with Gasteiger partial charge in [-0.3, -0.25) is 9.89 Å². The predicted molar refractivity (Wildman–Crippen MR) is 67.1 cm³/mol. The Labute approximate surface area is 103 Å². The van der Waals surface area contributed by atoms with Crippen LogP contribution >= 0.6 is 0 Å². The number of nitrogens with one attached hydrogen (secondary N) is 2. The molecule has 2 heterocycles. The van der Waals surface area contributed by atoms with E-state index >= 15 is 0 Å². The SMILES string of the molecule is Nc1[nH]ncc1CNc1nccn(C2CC2)c1=O. The molecule has 1 aliphatic rings. The molecule has 0 radical (unpaired) electrons. The quantitative estimate of drug-likeness (QED) is 0.729. The van der Waals surface area contributed by atoms with Crippen LogP contribution in [0, 0.1) is 0 Å². The van der Waals surface area contributed by atoms with Crippen LogP contribution in [0.1, 0.15) is 24.4 Å². The van der Waals surface area contributed by atoms with Gasteiger partial charge in [0.2, 0.25) is 0 Å². The van der Waals surface area contributed by atoms with Gasteiger partial charge in [0, 0.05) is 30.5 Å². The van der Waals surface area contributed by atoms with Crippen molar-refractivity contribution in [1.82, 2.24) is 19.7 Å². The highest BCUT2D eigenvalue weighted by Crippen LogP contribution is 2.33. The van der Waals surface area contributed by atoms with Crippen molar-refractivity contribution in [2.75, 3.05) is 11.1 Å². The Bertz CT molecular complexity index is 612. The summed E-state index contributed by atoms with van der Waals surface area (Å²) < 4.78 is 1.73. The van der Waals surface area contributed by atoms with E-state index in [1.165, 1.54) is 0 Å². The van der Waals surface area contributed by atoms with Crippen LogP contribution in [0.15, 0.2) is 23.4 Å². The second-order valence-electron chi connectivity index (χ2n) is 4.38. The predicted octanol–water partition coefficient (Wildman–Crippen LogP) is 0.496. The van der Waals surface area contributed by atoms with Crippen LogP contribution < -0.4 is 16.6 Å². The third-order valence-electron chi connectivity index (χ3n) is 3.01. The first kappa shape index (κ1) is 10.8. The molecular weight excluding hydrogens is 232 g/mol. The lowest BCUT2D eigenvalue weighted by molar-refractivity contribution is 0.699. The molecule has 18 heavy (non-hydrogen) atoms. The molecule has 0 aromatic carbocycles. The molecule has 94 valence electrons. The summed E-state index contributed by atoms with van der Waals surface area (Å²) in [6.45, 7) is 0.430. The minimum atomic E-state index is -0.0814. The van der Waals surface area contributed by atoms with Crippen LogP contribution in [0.2, 0.25) is 0 Å². The summed E-state index contributed by atoms with van der Waals surface area (Å²) in [6.07, 6.45) is 7.14. The summed E-state index contributed by atoms with van der Waals surface area (Å²) >= 11 is 0. The number of H-pyrrole nitrogens is 1. The van der Waals surface area contributed by atoms with Gasteiger partial charge in [0.15, 0.2) is 5.82 Å². The molecule has 7 nitrogen and oxygen atoms in total. The topological polar surface area (TPSA) is 102 Å². The van der Waals surface area contributed by atoms with Gasteiger partial charge in [-0.2, -0.15) is 5.10 Å². The van der Waals surface area contributed by atoms with E-state index < -0.39 is 0 Å². The van der Waals surface area contributed by atoms with Crippen LogP contribution in [-0.4, -0.2) is 19.7 Å². The Hall–Kier alpha value is -2.31. The molecule has 7 heteroatoms. The molecule has 0 aliphatic heterocycles. The first-order valence-corrected chi connectivity index (χ1v) is 5.84. The fourth-order valence-corrected chi connectivity index (χ4v) is 1.83. The molecule has 4 N–H and O–H groups in total. The van der Waals surface area contributed by atoms with Gasteiger partial charge in [-0.25, -0.2) is 4.98 Å². The molecule has 2 aromatic heterocycles. The maximum atomic E-state index is 12.1. The van der Waals surface area contributed by atoms with E-state index in [9.17, 15) is 4.79 Å². The molecule has 3 rings (SSSR count). The minimum Gasteiger partial charge on any atom is -0.384 e. The third kappa shape index (κ3) is 1.94. The highest BCUT2D eigenvalue weighted by atomic mass is 16.1. The van der Waals surface area contributed by atoms with Gasteiger partial charge < -0.3 is 15.6 Å². The van der Waals surface area contributed by atoms with Crippen molar-refractivity contribution in [2.45, 2.75) is 25.4 Å². The van der Waals surface area contributed by atoms with E-state index in [0.29, 0.717) is 24.2 Å². The van der Waals surface area contributed by atoms with Crippen LogP contribution in [0.5, 0.6) is 0 Å². The Morgan fingerprint density at radius 1 is 1.56 bits per heavy atom. The number of aromatic amines is 1. The number of hydrogen-bond acceptors (Lipinski definition) is 5. The molecule has 0 amide bonds. The first-order valence-electron chi connectivity index (χ1n) is 5.84. The zero-order valence-electron chi connectivity index (χ0n) is 9.76. The molecule has 0 unspecified atom stereocenters. The van der Waals surface area contributed by atoms with Gasteiger partial charge in [-0.15, -0.1) is 0 Å². The normalized spacial score (nSPS) is 14.7. The van der Waals surface area contributed by atoms with Crippen LogP contribution in [0.4, 0.5) is 11.6 Å². The zero-order chi connectivity index (χ0) is 12.5. The van der Waals surface area contributed by atoms with Gasteiger partial charge >= 0.3 is 0 Å². The highest BCUT2D eigenvalue weighted by Gasteiger charge is 2.25. The van der Waals surface area contributed by atoms with Gasteiger partial charge in [0.1, 0.15) is 5.82 Å². The number of hydrogen-bond donors (Lipinski definition) is 3. The Morgan fingerprint density at radius 2 is 2.39 bits per heavy atom. The lowest BCUT2D eigenvalue weighted by Gasteiger charge is -2.07. The molecule has 0 saturated heterocycles. The van der Waals surface area contributed by atoms with Crippen LogP contribution in [0.3, 0.4) is 0 Å². The van der Waals surface area contributed by atoms with E-state index in [0.717, 1.165) is 18.4 Å². The highest BCUT2D eigenvalue weighted by molar-refractivity contribution is 5.41. The average Bonchev–Trinajstić information content (AvgIpc) is 3.12. The van der Waals surface area contributed by atoms with E-state index in [-0.39, 0.29) is 5.56 Å². The second-order valence-corrected chi connectivity index (χ2v) is 4.38. The molecular formula is C11H14N6O. The van der Waals surface area contributed by atoms with Gasteiger partial charge in [0.05, 0.1) is 6.20 Å². The van der Waals surface area contributed by atoms with Crippen molar-refractivity contribution in [3.8, 4) is 0 Å². The number of rotatable bonds is 4. The maximum absolute atomic E-state index is 12.1. The molecule has 1 saturated carbocycles. The molecule has 0 spiro atoms. The van der Waals surface area contributed by atoms with Crippen molar-refractivity contribution in [2.24, 2.45) is 0 Å². The lowest BCUT2D eigenvalue weighted by atomic mass is 10.3. The number of anilines is 2. The lowest BCUT2D eigenvalue weighted by Crippen LogP contribution is -2.23. The van der Waals surface area contributed by atoms with Gasteiger partial charge in [-0.1, -0.05) is 0 Å². The van der Waals surface area contributed by atoms with Gasteiger partial charge in [-0.05, 0) is 12.8 Å². The Kier molecular flexibility index (Phi) is 2.51. The molecule has 0 atom stereocenters. The number of aromatic nitrogens is 4. The Balaban J connectivity index is 1.79. The van der Waals surface area contributed by atoms with Gasteiger partial charge in [0.25, 0.3) is 5.56 Å². The van der Waals surface area contributed by atoms with Crippen molar-refractivity contribution >= 4 is 11.6 Å². The second kappa shape index (κ2) is 4.17. The Morgan fingerprint density at radius 3 is 3.06 bits per heavy atom. The zero-order valence-corrected chi connectivity index (χ0v) is 9.76. The van der Waals surface area contributed by atoms with Crippen molar-refractivity contribution in [3.05, 3.63) is 34.5 Å². The van der Waals surface area contributed by atoms with Crippen LogP contribution in [0.25, 0.3) is 0 Å². The van der Waals surface area contributed by atoms with E-state index in [2.05, 4.69) is 20.5 Å². The van der Waals surface area contributed by atoms with Crippen molar-refractivity contribution in [1.29, 1.82) is 0 Å². The fraction of sp³-hybridized carbons (Fsp3) is 0.364. The summed E-state index contributed by atoms with van der Waals surface area (Å²) in [5.41, 5.74) is 6.41. The maximum Gasteiger partial charge on any atom is 0.293 e. The molecule has 1 fully saturated rings. The minimum absolute atomic E-state index is 0.0814. The molecule has 1 aliphatic carbocycles. The monoisotopic (exact) mass is 246 g/mol. The van der Waals surface area contributed by atoms with E-state index in [1.54, 1.807) is 23.2 Å². The summed E-state index contributed by atoms with van der Waals surface area (Å²) in [4.78, 5) is 16.1. The summed E-state index contributed by atoms with van der Waals surface area (Å²) in [5, 5.41) is 9.46. The van der Waals surface area contributed by atoms with Crippen LogP contribution in [-0.2, 0) is 6.54 Å². The smallest absolute Gasteiger partial charge is 0.293 e. The molecule has 2 aromatic rings. The van der Waals surface area contributed by atoms with E-state index in [1.807, 2.05) is 0 Å². The summed E-state index contributed by atoms with van der Waals surface area (Å²) in [7, 11) is 0. The summed E-state index contributed by atoms with van der Waals surface area (Å²) in [6, 6.07) is 0.347. The van der Waals surface area contributed by atoms with Crippen molar-refractivity contribution in [3.63, 3.8) is 0 Å². The fourth-order valence-electron chi connectivity index (χ4n) is 1.83. The molecule has 0 bridgehead atoms. The largest absolute Gasteiger partial charge is 0.384 e.